The van der Waals surface area contributed by atoms with Gasteiger partial charge >= 0.3 is 0 Å². The predicted molar refractivity (Wildman–Crippen MR) is 84.0 cm³/mol. The van der Waals surface area contributed by atoms with Crippen molar-refractivity contribution in [1.82, 2.24) is 4.98 Å². The normalized spacial score (nSPS) is 15.0. The summed E-state index contributed by atoms with van der Waals surface area (Å²) in [5.74, 6) is 0.857. The molecule has 1 fully saturated rings. The van der Waals surface area contributed by atoms with Crippen molar-refractivity contribution in [3.63, 3.8) is 0 Å². The highest BCUT2D eigenvalue weighted by Gasteiger charge is 2.20. The SMILES string of the molecule is Brc1ccc2sc(NCCCOCC3CC3)nc2c1. The fourth-order valence-electron chi connectivity index (χ4n) is 1.88. The average Bonchev–Trinajstić information content (AvgIpc) is 3.13. The maximum Gasteiger partial charge on any atom is 0.183 e. The van der Waals surface area contributed by atoms with Crippen molar-refractivity contribution in [2.75, 3.05) is 25.1 Å². The monoisotopic (exact) mass is 340 g/mol. The molecule has 1 saturated carbocycles. The lowest BCUT2D eigenvalue weighted by atomic mass is 10.3. The Hall–Kier alpha value is -0.650. The van der Waals surface area contributed by atoms with Gasteiger partial charge in [-0.1, -0.05) is 27.3 Å². The van der Waals surface area contributed by atoms with Gasteiger partial charge in [-0.15, -0.1) is 0 Å². The summed E-state index contributed by atoms with van der Waals surface area (Å²) in [6.07, 6.45) is 3.76. The third-order valence-corrected chi connectivity index (χ3v) is 4.63. The highest BCUT2D eigenvalue weighted by Crippen LogP contribution is 2.29. The standard InChI is InChI=1S/C14H17BrN2OS/c15-11-4-5-13-12(8-11)17-14(19-13)16-6-1-7-18-9-10-2-3-10/h4-5,8,10H,1-3,6-7,9H2,(H,16,17). The van der Waals surface area contributed by atoms with Crippen molar-refractivity contribution in [2.24, 2.45) is 5.92 Å². The van der Waals surface area contributed by atoms with E-state index in [0.29, 0.717) is 0 Å². The molecule has 1 aromatic carbocycles. The van der Waals surface area contributed by atoms with Crippen LogP contribution in [-0.2, 0) is 4.74 Å². The number of nitrogens with zero attached hydrogens (tertiary/aromatic N) is 1. The van der Waals surface area contributed by atoms with E-state index in [2.05, 4.69) is 44.4 Å². The van der Waals surface area contributed by atoms with E-state index in [0.717, 1.165) is 47.2 Å². The Labute approximate surface area is 125 Å². The Balaban J connectivity index is 1.42. The van der Waals surface area contributed by atoms with Crippen LogP contribution in [0.3, 0.4) is 0 Å². The second-order valence-corrected chi connectivity index (χ2v) is 6.88. The van der Waals surface area contributed by atoms with Crippen molar-refractivity contribution in [3.8, 4) is 0 Å². The van der Waals surface area contributed by atoms with Gasteiger partial charge in [0, 0.05) is 24.2 Å². The zero-order valence-corrected chi connectivity index (χ0v) is 13.1. The molecule has 5 heteroatoms. The summed E-state index contributed by atoms with van der Waals surface area (Å²) in [7, 11) is 0. The molecule has 0 radical (unpaired) electrons. The second-order valence-electron chi connectivity index (χ2n) is 4.93. The van der Waals surface area contributed by atoms with E-state index in [9.17, 15) is 0 Å². The van der Waals surface area contributed by atoms with Crippen molar-refractivity contribution in [3.05, 3.63) is 22.7 Å². The van der Waals surface area contributed by atoms with E-state index >= 15 is 0 Å². The smallest absolute Gasteiger partial charge is 0.183 e. The fraction of sp³-hybridized carbons (Fsp3) is 0.500. The van der Waals surface area contributed by atoms with E-state index in [4.69, 9.17) is 4.74 Å². The first-order valence-electron chi connectivity index (χ1n) is 6.69. The first-order valence-corrected chi connectivity index (χ1v) is 8.30. The summed E-state index contributed by atoms with van der Waals surface area (Å²) in [5.41, 5.74) is 1.05. The molecule has 1 aliphatic rings. The number of fused-ring (bicyclic) bond motifs is 1. The molecular formula is C14H17BrN2OS. The van der Waals surface area contributed by atoms with Gasteiger partial charge in [0.15, 0.2) is 5.13 Å². The number of ether oxygens (including phenoxy) is 1. The number of rotatable bonds is 7. The molecule has 0 amide bonds. The Morgan fingerprint density at radius 3 is 3.16 bits per heavy atom. The van der Waals surface area contributed by atoms with Crippen LogP contribution in [0.2, 0.25) is 0 Å². The fourth-order valence-corrected chi connectivity index (χ4v) is 3.10. The van der Waals surface area contributed by atoms with Gasteiger partial charge in [0.2, 0.25) is 0 Å². The number of benzene rings is 1. The molecule has 0 unspecified atom stereocenters. The van der Waals surface area contributed by atoms with Crippen LogP contribution in [0.5, 0.6) is 0 Å². The van der Waals surface area contributed by atoms with Crippen LogP contribution in [-0.4, -0.2) is 24.7 Å². The summed E-state index contributed by atoms with van der Waals surface area (Å²) < 4.78 is 7.90. The number of hydrogen-bond acceptors (Lipinski definition) is 4. The summed E-state index contributed by atoms with van der Waals surface area (Å²) in [6.45, 7) is 2.72. The molecule has 1 aromatic heterocycles. The van der Waals surface area contributed by atoms with Crippen LogP contribution < -0.4 is 5.32 Å². The molecule has 3 nitrogen and oxygen atoms in total. The molecule has 2 aromatic rings. The number of halogens is 1. The number of anilines is 1. The van der Waals surface area contributed by atoms with Crippen LogP contribution in [0.1, 0.15) is 19.3 Å². The van der Waals surface area contributed by atoms with Gasteiger partial charge in [0.1, 0.15) is 0 Å². The molecule has 0 aliphatic heterocycles. The van der Waals surface area contributed by atoms with E-state index in [1.165, 1.54) is 17.5 Å². The Morgan fingerprint density at radius 1 is 1.42 bits per heavy atom. The lowest BCUT2D eigenvalue weighted by Gasteiger charge is -2.03. The second kappa shape index (κ2) is 6.20. The average molecular weight is 341 g/mol. The highest BCUT2D eigenvalue weighted by atomic mass is 79.9. The topological polar surface area (TPSA) is 34.1 Å². The first-order chi connectivity index (χ1) is 9.31. The maximum atomic E-state index is 5.61. The molecule has 19 heavy (non-hydrogen) atoms. The van der Waals surface area contributed by atoms with Gasteiger partial charge < -0.3 is 10.1 Å². The molecule has 1 heterocycles. The highest BCUT2D eigenvalue weighted by molar-refractivity contribution is 9.10. The third-order valence-electron chi connectivity index (χ3n) is 3.14. The quantitative estimate of drug-likeness (QED) is 0.763. The summed E-state index contributed by atoms with van der Waals surface area (Å²) in [5, 5.41) is 4.37. The lowest BCUT2D eigenvalue weighted by Crippen LogP contribution is -2.06. The molecule has 102 valence electrons. The Kier molecular flexibility index (Phi) is 4.35. The van der Waals surface area contributed by atoms with E-state index < -0.39 is 0 Å². The van der Waals surface area contributed by atoms with Gasteiger partial charge in [0.25, 0.3) is 0 Å². The number of aromatic nitrogens is 1. The van der Waals surface area contributed by atoms with Crippen LogP contribution >= 0.6 is 27.3 Å². The molecular weight excluding hydrogens is 324 g/mol. The molecule has 1 N–H and O–H groups in total. The molecule has 0 saturated heterocycles. The van der Waals surface area contributed by atoms with Crippen molar-refractivity contribution in [1.29, 1.82) is 0 Å². The number of hydrogen-bond donors (Lipinski definition) is 1. The zero-order chi connectivity index (χ0) is 13.1. The minimum atomic E-state index is 0.847. The zero-order valence-electron chi connectivity index (χ0n) is 10.7. The predicted octanol–water partition coefficient (Wildman–Crippen LogP) is 4.29. The largest absolute Gasteiger partial charge is 0.381 e. The van der Waals surface area contributed by atoms with Crippen LogP contribution in [0, 0.1) is 5.92 Å². The van der Waals surface area contributed by atoms with Crippen LogP contribution in [0.4, 0.5) is 5.13 Å². The van der Waals surface area contributed by atoms with Gasteiger partial charge in [-0.2, -0.15) is 0 Å². The summed E-state index contributed by atoms with van der Waals surface area (Å²) >= 11 is 5.17. The van der Waals surface area contributed by atoms with E-state index in [1.807, 2.05) is 0 Å². The molecule has 0 atom stereocenters. The maximum absolute atomic E-state index is 5.61. The van der Waals surface area contributed by atoms with Gasteiger partial charge in [0.05, 0.1) is 10.2 Å². The third kappa shape index (κ3) is 3.91. The van der Waals surface area contributed by atoms with Crippen LogP contribution in [0.15, 0.2) is 22.7 Å². The van der Waals surface area contributed by atoms with Crippen molar-refractivity contribution >= 4 is 42.6 Å². The number of nitrogens with one attached hydrogen (secondary N) is 1. The Morgan fingerprint density at radius 2 is 2.32 bits per heavy atom. The first kappa shape index (κ1) is 13.3. The minimum Gasteiger partial charge on any atom is -0.381 e. The Bertz CT molecular complexity index is 553. The van der Waals surface area contributed by atoms with Crippen molar-refractivity contribution < 1.29 is 4.74 Å². The van der Waals surface area contributed by atoms with E-state index in [-0.39, 0.29) is 0 Å². The van der Waals surface area contributed by atoms with Crippen molar-refractivity contribution in [2.45, 2.75) is 19.3 Å². The van der Waals surface area contributed by atoms with Gasteiger partial charge in [-0.3, -0.25) is 0 Å². The van der Waals surface area contributed by atoms with E-state index in [1.54, 1.807) is 11.3 Å². The number of thiazole rings is 1. The molecule has 0 spiro atoms. The minimum absolute atomic E-state index is 0.847. The molecule has 0 bridgehead atoms. The lowest BCUT2D eigenvalue weighted by molar-refractivity contribution is 0.124. The van der Waals surface area contributed by atoms with Crippen LogP contribution in [0.25, 0.3) is 10.2 Å². The molecule has 1 aliphatic carbocycles. The molecule has 3 rings (SSSR count). The summed E-state index contributed by atoms with van der Waals surface area (Å²) in [6, 6.07) is 6.20. The van der Waals surface area contributed by atoms with Gasteiger partial charge in [-0.05, 0) is 43.4 Å². The van der Waals surface area contributed by atoms with Gasteiger partial charge in [-0.25, -0.2) is 4.98 Å². The summed E-state index contributed by atoms with van der Waals surface area (Å²) in [4.78, 5) is 4.57.